The molecule has 0 fully saturated rings. The average Bonchev–Trinajstić information content (AvgIpc) is 3.70. The molecular weight excluding hydrogens is 723 g/mol. The maximum atomic E-state index is 2.55. The summed E-state index contributed by atoms with van der Waals surface area (Å²) < 4.78 is 0. The Morgan fingerprint density at radius 3 is 1.33 bits per heavy atom. The van der Waals surface area contributed by atoms with E-state index in [0.29, 0.717) is 0 Å². The smallest absolute Gasteiger partial charge is 0.358 e. The molecule has 0 aliphatic heterocycles. The van der Waals surface area contributed by atoms with Crippen LogP contribution in [-0.4, -0.2) is 8.07 Å². The van der Waals surface area contributed by atoms with Gasteiger partial charge in [-0.05, 0) is 35.1 Å². The number of rotatable bonds is 7. The summed E-state index contributed by atoms with van der Waals surface area (Å²) in [7, 11) is -2.34. The van der Waals surface area contributed by atoms with Gasteiger partial charge in [0.2, 0.25) is 0 Å². The number of hydrogen-bond acceptors (Lipinski definition) is 0. The molecule has 0 amide bonds. The van der Waals surface area contributed by atoms with Crippen LogP contribution in [0.25, 0.3) is 43.8 Å². The Balaban J connectivity index is 0.00000154. The predicted molar refractivity (Wildman–Crippen MR) is 198 cm³/mol. The van der Waals surface area contributed by atoms with Gasteiger partial charge in [-0.1, -0.05) is 128 Å². The normalized spacial score (nSPS) is 11.1. The van der Waals surface area contributed by atoms with Crippen LogP contribution in [0.3, 0.4) is 0 Å². The summed E-state index contributed by atoms with van der Waals surface area (Å²) in [5, 5.41) is 9.76. The molecular formula is C43H42HfSi. The third kappa shape index (κ3) is 5.91. The molecule has 0 heterocycles. The molecule has 0 nitrogen and oxygen atoms in total. The number of aryl methyl sites for hydroxylation is 2. The molecule has 0 bridgehead atoms. The maximum Gasteiger partial charge on any atom is 4.00 e. The van der Waals surface area contributed by atoms with Crippen molar-refractivity contribution < 1.29 is 25.8 Å². The second-order valence-electron chi connectivity index (χ2n) is 11.6. The molecule has 7 rings (SSSR count). The van der Waals surface area contributed by atoms with E-state index >= 15 is 0 Å². The van der Waals surface area contributed by atoms with Gasteiger partial charge in [-0.25, -0.2) is 0 Å². The molecule has 45 heavy (non-hydrogen) atoms. The Bertz CT molecular complexity index is 1900. The fourth-order valence-electron chi connectivity index (χ4n) is 6.97. The van der Waals surface area contributed by atoms with Crippen molar-refractivity contribution in [1.82, 2.24) is 0 Å². The summed E-state index contributed by atoms with van der Waals surface area (Å²) in [6.07, 6.45) is 2.06. The van der Waals surface area contributed by atoms with Crippen LogP contribution in [0.2, 0.25) is 6.55 Å². The molecule has 0 spiro atoms. The van der Waals surface area contributed by atoms with Crippen molar-refractivity contribution in [3.05, 3.63) is 166 Å². The average molecular weight is 765 g/mol. The summed E-state index contributed by atoms with van der Waals surface area (Å²) in [6, 6.07) is 52.6. The van der Waals surface area contributed by atoms with Crippen LogP contribution in [0.4, 0.5) is 0 Å². The van der Waals surface area contributed by atoms with Crippen LogP contribution in [0.15, 0.2) is 140 Å². The van der Waals surface area contributed by atoms with Crippen molar-refractivity contribution in [2.75, 3.05) is 0 Å². The molecule has 0 saturated carbocycles. The summed E-state index contributed by atoms with van der Waals surface area (Å²) in [5.74, 6) is 0. The molecule has 0 radical (unpaired) electrons. The van der Waals surface area contributed by atoms with E-state index in [4.69, 9.17) is 0 Å². The van der Waals surface area contributed by atoms with E-state index in [1.165, 1.54) is 70.5 Å². The van der Waals surface area contributed by atoms with Crippen LogP contribution in [-0.2, 0) is 38.7 Å². The van der Waals surface area contributed by atoms with Crippen molar-refractivity contribution in [2.45, 2.75) is 33.2 Å². The van der Waals surface area contributed by atoms with Gasteiger partial charge in [-0.3, -0.25) is 0 Å². The van der Waals surface area contributed by atoms with Crippen molar-refractivity contribution in [3.63, 3.8) is 0 Å². The predicted octanol–water partition coefficient (Wildman–Crippen LogP) is 9.89. The molecule has 0 N–H and O–H groups in total. The molecule has 0 unspecified atom stereocenters. The Hall–Kier alpha value is -3.59. The van der Waals surface area contributed by atoms with Gasteiger partial charge < -0.3 is 14.9 Å². The van der Waals surface area contributed by atoms with Crippen LogP contribution in [0.1, 0.15) is 25.0 Å². The molecule has 0 atom stereocenters. The summed E-state index contributed by atoms with van der Waals surface area (Å²) >= 11 is 0. The minimum Gasteiger partial charge on any atom is -0.358 e. The topological polar surface area (TPSA) is 0 Å². The van der Waals surface area contributed by atoms with Gasteiger partial charge in [0.25, 0.3) is 0 Å². The van der Waals surface area contributed by atoms with Crippen molar-refractivity contribution in [3.8, 4) is 22.3 Å². The van der Waals surface area contributed by atoms with Gasteiger partial charge in [0.05, 0.1) is 0 Å². The van der Waals surface area contributed by atoms with Gasteiger partial charge in [-0.2, -0.15) is 12.1 Å². The SMILES string of the molecule is CCc1ccccc1-c1cccc2[cH-]c([Si](C)(c3ccccc3)c3cc4c(-c5ccccc5CC)cccc4[cH-]3)cc12.[CH3-].[CH3-].[Hf+4]. The zero-order valence-electron chi connectivity index (χ0n) is 27.2. The largest absolute Gasteiger partial charge is 4.00 e. The van der Waals surface area contributed by atoms with Gasteiger partial charge in [0.1, 0.15) is 8.07 Å². The Kier molecular flexibility index (Phi) is 10.8. The molecule has 7 aromatic rings. The van der Waals surface area contributed by atoms with E-state index < -0.39 is 8.07 Å². The fraction of sp³-hybridized carbons (Fsp3) is 0.116. The molecule has 0 aliphatic rings. The Morgan fingerprint density at radius 1 is 0.489 bits per heavy atom. The Labute approximate surface area is 290 Å². The third-order valence-electron chi connectivity index (χ3n) is 9.38. The number of benzene rings is 5. The van der Waals surface area contributed by atoms with E-state index in [1.807, 2.05) is 0 Å². The minimum absolute atomic E-state index is 0. The summed E-state index contributed by atoms with van der Waals surface area (Å²) in [5.41, 5.74) is 8.18. The van der Waals surface area contributed by atoms with Crippen molar-refractivity contribution in [1.29, 1.82) is 0 Å². The molecule has 0 aliphatic carbocycles. The first-order valence-electron chi connectivity index (χ1n) is 15.2. The monoisotopic (exact) mass is 766 g/mol. The molecule has 0 saturated heterocycles. The first kappa shape index (κ1) is 34.3. The Morgan fingerprint density at radius 2 is 0.889 bits per heavy atom. The van der Waals surface area contributed by atoms with Crippen LogP contribution in [0, 0.1) is 14.9 Å². The zero-order chi connectivity index (χ0) is 28.7. The molecule has 7 aromatic carbocycles. The zero-order valence-corrected chi connectivity index (χ0v) is 31.8. The minimum atomic E-state index is -2.34. The second-order valence-corrected chi connectivity index (χ2v) is 15.6. The second kappa shape index (κ2) is 14.2. The van der Waals surface area contributed by atoms with Crippen LogP contribution in [0.5, 0.6) is 0 Å². The number of fused-ring (bicyclic) bond motifs is 2. The van der Waals surface area contributed by atoms with Crippen LogP contribution >= 0.6 is 0 Å². The molecule has 222 valence electrons. The van der Waals surface area contributed by atoms with Crippen LogP contribution < -0.4 is 15.6 Å². The van der Waals surface area contributed by atoms with Gasteiger partial charge in [0.15, 0.2) is 0 Å². The van der Waals surface area contributed by atoms with Gasteiger partial charge >= 0.3 is 25.8 Å². The van der Waals surface area contributed by atoms with Crippen molar-refractivity contribution in [2.24, 2.45) is 0 Å². The standard InChI is InChI=1S/C41H36Si.2CH3.Hf/c1-4-29-15-9-11-21-36(29)38-23-13-17-31-25-34(27-40(31)38)42(3,33-19-7-6-8-20-33)35-26-32-18-14-24-39(41(32)28-35)37-22-12-10-16-30(37)5-2;;;/h6-28H,4-5H2,1-3H3;2*1H3;/q-2;2*-1;+4. The summed E-state index contributed by atoms with van der Waals surface area (Å²) in [4.78, 5) is 0. The molecule has 0 aromatic heterocycles. The van der Waals surface area contributed by atoms with E-state index in [0.717, 1.165) is 12.8 Å². The van der Waals surface area contributed by atoms with E-state index in [9.17, 15) is 0 Å². The quantitative estimate of drug-likeness (QED) is 0.112. The van der Waals surface area contributed by atoms with Crippen molar-refractivity contribution >= 4 is 45.2 Å². The van der Waals surface area contributed by atoms with E-state index in [1.54, 1.807) is 0 Å². The first-order chi connectivity index (χ1) is 20.6. The first-order valence-corrected chi connectivity index (χ1v) is 17.7. The van der Waals surface area contributed by atoms with E-state index in [2.05, 4.69) is 160 Å². The molecule has 2 heteroatoms. The van der Waals surface area contributed by atoms with Gasteiger partial charge in [0, 0.05) is 0 Å². The third-order valence-corrected chi connectivity index (χ3v) is 13.8. The van der Waals surface area contributed by atoms with Gasteiger partial charge in [-0.15, -0.1) is 68.3 Å². The van der Waals surface area contributed by atoms with E-state index in [-0.39, 0.29) is 40.7 Å². The maximum absolute atomic E-state index is 2.55. The number of hydrogen-bond donors (Lipinski definition) is 0. The summed E-state index contributed by atoms with van der Waals surface area (Å²) in [6.45, 7) is 7.05. The fourth-order valence-corrected chi connectivity index (χ4v) is 10.6.